The monoisotopic (exact) mass is 209 g/mol. The minimum atomic E-state index is 0.199. The third-order valence-corrected chi connectivity index (χ3v) is 4.35. The van der Waals surface area contributed by atoms with Gasteiger partial charge in [-0.05, 0) is 44.2 Å². The first kappa shape index (κ1) is 11.1. The van der Waals surface area contributed by atoms with E-state index in [1.807, 2.05) is 13.8 Å². The van der Waals surface area contributed by atoms with E-state index in [1.54, 1.807) is 0 Å². The number of nitrogens with zero attached hydrogens (tertiary/aromatic N) is 1. The van der Waals surface area contributed by atoms with E-state index in [0.29, 0.717) is 17.7 Å². The van der Waals surface area contributed by atoms with Crippen LogP contribution < -0.4 is 0 Å². The van der Waals surface area contributed by atoms with Crippen LogP contribution in [0.1, 0.15) is 46.0 Å². The number of hydrogen-bond acceptors (Lipinski definition) is 2. The molecular weight excluding hydrogens is 186 g/mol. The van der Waals surface area contributed by atoms with Crippen LogP contribution in [0.3, 0.4) is 0 Å². The van der Waals surface area contributed by atoms with Crippen LogP contribution >= 0.6 is 0 Å². The zero-order valence-corrected chi connectivity index (χ0v) is 10.1. The van der Waals surface area contributed by atoms with Gasteiger partial charge in [0.25, 0.3) is 0 Å². The highest BCUT2D eigenvalue weighted by atomic mass is 16.1. The Morgan fingerprint density at radius 3 is 2.20 bits per heavy atom. The Bertz CT molecular complexity index is 233. The molecule has 0 aromatic carbocycles. The minimum Gasteiger partial charge on any atom is -0.298 e. The second kappa shape index (κ2) is 4.25. The van der Waals surface area contributed by atoms with Crippen LogP contribution in [0.15, 0.2) is 0 Å². The number of piperidine rings is 1. The molecule has 1 heterocycles. The Balaban J connectivity index is 1.76. The first-order valence-electron chi connectivity index (χ1n) is 6.36. The highest BCUT2D eigenvalue weighted by Crippen LogP contribution is 2.48. The third-order valence-electron chi connectivity index (χ3n) is 4.35. The van der Waals surface area contributed by atoms with Crippen LogP contribution in [0.2, 0.25) is 0 Å². The molecule has 0 radical (unpaired) electrons. The maximum absolute atomic E-state index is 11.6. The van der Waals surface area contributed by atoms with Crippen LogP contribution in [0, 0.1) is 11.3 Å². The Morgan fingerprint density at radius 2 is 1.80 bits per heavy atom. The normalized spacial score (nSPS) is 25.5. The lowest BCUT2D eigenvalue weighted by Crippen LogP contribution is -2.45. The van der Waals surface area contributed by atoms with Crippen molar-refractivity contribution in [3.63, 3.8) is 0 Å². The molecular formula is C13H23NO. The molecule has 1 spiro atoms. The van der Waals surface area contributed by atoms with Gasteiger partial charge in [-0.3, -0.25) is 9.69 Å². The van der Waals surface area contributed by atoms with Gasteiger partial charge in [-0.25, -0.2) is 0 Å². The summed E-state index contributed by atoms with van der Waals surface area (Å²) >= 11 is 0. The number of rotatable bonds is 3. The summed E-state index contributed by atoms with van der Waals surface area (Å²) in [5, 5.41) is 0. The van der Waals surface area contributed by atoms with Gasteiger partial charge >= 0.3 is 0 Å². The van der Waals surface area contributed by atoms with E-state index in [4.69, 9.17) is 0 Å². The third kappa shape index (κ3) is 2.41. The summed E-state index contributed by atoms with van der Waals surface area (Å²) in [7, 11) is 0. The van der Waals surface area contributed by atoms with Gasteiger partial charge in [0.15, 0.2) is 0 Å². The number of carbonyl (C=O) groups is 1. The van der Waals surface area contributed by atoms with Crippen molar-refractivity contribution in [1.29, 1.82) is 0 Å². The van der Waals surface area contributed by atoms with Crippen molar-refractivity contribution in [2.75, 3.05) is 19.6 Å². The van der Waals surface area contributed by atoms with Crippen LogP contribution in [-0.4, -0.2) is 30.3 Å². The Kier molecular flexibility index (Phi) is 3.15. The highest BCUT2D eigenvalue weighted by molar-refractivity contribution is 5.82. The number of carbonyl (C=O) groups excluding carboxylic acids is 1. The first-order valence-corrected chi connectivity index (χ1v) is 6.36. The lowest BCUT2D eigenvalue weighted by Gasteiger charge is -2.48. The second-order valence-corrected chi connectivity index (χ2v) is 5.75. The van der Waals surface area contributed by atoms with E-state index in [9.17, 15) is 4.79 Å². The summed E-state index contributed by atoms with van der Waals surface area (Å²) in [6, 6.07) is 0. The van der Waals surface area contributed by atoms with Gasteiger partial charge in [0, 0.05) is 5.92 Å². The molecule has 2 fully saturated rings. The lowest BCUT2D eigenvalue weighted by atomic mass is 9.63. The molecule has 86 valence electrons. The molecule has 1 saturated carbocycles. The molecule has 2 nitrogen and oxygen atoms in total. The smallest absolute Gasteiger partial charge is 0.149 e. The summed E-state index contributed by atoms with van der Waals surface area (Å²) in [5.74, 6) is 0.601. The second-order valence-electron chi connectivity index (χ2n) is 5.75. The molecule has 0 aromatic heterocycles. The van der Waals surface area contributed by atoms with Crippen molar-refractivity contribution in [3.05, 3.63) is 0 Å². The molecule has 1 aliphatic heterocycles. The maximum Gasteiger partial charge on any atom is 0.149 e. The number of likely N-dealkylation sites (tertiary alicyclic amines) is 1. The van der Waals surface area contributed by atoms with Gasteiger partial charge in [0.05, 0.1) is 6.54 Å². The fourth-order valence-corrected chi connectivity index (χ4v) is 2.77. The molecule has 0 atom stereocenters. The zero-order chi connectivity index (χ0) is 10.9. The molecule has 0 amide bonds. The maximum atomic E-state index is 11.6. The topological polar surface area (TPSA) is 20.3 Å². The molecule has 2 rings (SSSR count). The SMILES string of the molecule is CC(C)C(=O)CN1CCC2(CCC2)CC1. The van der Waals surface area contributed by atoms with Crippen molar-refractivity contribution < 1.29 is 4.79 Å². The van der Waals surface area contributed by atoms with Gasteiger partial charge in [-0.1, -0.05) is 20.3 Å². The summed E-state index contributed by atoms with van der Waals surface area (Å²) in [6.45, 7) is 6.99. The van der Waals surface area contributed by atoms with Gasteiger partial charge in [-0.15, -0.1) is 0 Å². The summed E-state index contributed by atoms with van der Waals surface area (Å²) < 4.78 is 0. The van der Waals surface area contributed by atoms with Gasteiger partial charge in [0.2, 0.25) is 0 Å². The predicted molar refractivity (Wildman–Crippen MR) is 61.8 cm³/mol. The molecule has 1 aliphatic carbocycles. The fraction of sp³-hybridized carbons (Fsp3) is 0.923. The van der Waals surface area contributed by atoms with E-state index in [2.05, 4.69) is 4.90 Å². The van der Waals surface area contributed by atoms with Crippen molar-refractivity contribution >= 4 is 5.78 Å². The van der Waals surface area contributed by atoms with Gasteiger partial charge < -0.3 is 0 Å². The molecule has 15 heavy (non-hydrogen) atoms. The van der Waals surface area contributed by atoms with Crippen molar-refractivity contribution in [2.24, 2.45) is 11.3 Å². The largest absolute Gasteiger partial charge is 0.298 e. The molecule has 0 N–H and O–H groups in total. The molecule has 0 aromatic rings. The first-order chi connectivity index (χ1) is 7.11. The van der Waals surface area contributed by atoms with Crippen LogP contribution in [0.4, 0.5) is 0 Å². The van der Waals surface area contributed by atoms with E-state index in [1.165, 1.54) is 32.1 Å². The average molecular weight is 209 g/mol. The van der Waals surface area contributed by atoms with Crippen molar-refractivity contribution in [3.8, 4) is 0 Å². The number of hydrogen-bond donors (Lipinski definition) is 0. The summed E-state index contributed by atoms with van der Waals surface area (Å²) in [6.07, 6.45) is 6.99. The standard InChI is InChI=1S/C13H23NO/c1-11(2)12(15)10-14-8-6-13(7-9-14)4-3-5-13/h11H,3-10H2,1-2H3. The minimum absolute atomic E-state index is 0.199. The van der Waals surface area contributed by atoms with Gasteiger partial charge in [0.1, 0.15) is 5.78 Å². The Morgan fingerprint density at radius 1 is 1.20 bits per heavy atom. The number of Topliss-reactive ketones (excluding diaryl/α,β-unsaturated/α-hetero) is 1. The lowest BCUT2D eigenvalue weighted by molar-refractivity contribution is -0.123. The summed E-state index contributed by atoms with van der Waals surface area (Å²) in [5.41, 5.74) is 0.706. The van der Waals surface area contributed by atoms with Crippen molar-refractivity contribution in [1.82, 2.24) is 4.90 Å². The van der Waals surface area contributed by atoms with Crippen LogP contribution in [-0.2, 0) is 4.79 Å². The van der Waals surface area contributed by atoms with Gasteiger partial charge in [-0.2, -0.15) is 0 Å². The zero-order valence-electron chi connectivity index (χ0n) is 10.1. The van der Waals surface area contributed by atoms with Crippen LogP contribution in [0.25, 0.3) is 0 Å². The van der Waals surface area contributed by atoms with E-state index in [-0.39, 0.29) is 5.92 Å². The highest BCUT2D eigenvalue weighted by Gasteiger charge is 2.39. The summed E-state index contributed by atoms with van der Waals surface area (Å²) in [4.78, 5) is 14.0. The quantitative estimate of drug-likeness (QED) is 0.711. The predicted octanol–water partition coefficient (Wildman–Crippen LogP) is 2.48. The Hall–Kier alpha value is -0.370. The van der Waals surface area contributed by atoms with E-state index < -0.39 is 0 Å². The van der Waals surface area contributed by atoms with E-state index >= 15 is 0 Å². The molecule has 0 bridgehead atoms. The fourth-order valence-electron chi connectivity index (χ4n) is 2.77. The molecule has 0 unspecified atom stereocenters. The van der Waals surface area contributed by atoms with Crippen LogP contribution in [0.5, 0.6) is 0 Å². The molecule has 2 aliphatic rings. The molecule has 2 heteroatoms. The Labute approximate surface area is 93.0 Å². The molecule has 1 saturated heterocycles. The average Bonchev–Trinajstić information content (AvgIpc) is 2.16. The van der Waals surface area contributed by atoms with E-state index in [0.717, 1.165) is 13.1 Å². The number of ketones is 1. The van der Waals surface area contributed by atoms with Crippen molar-refractivity contribution in [2.45, 2.75) is 46.0 Å².